The van der Waals surface area contributed by atoms with Crippen LogP contribution in [0.5, 0.6) is 0 Å². The highest BCUT2D eigenvalue weighted by molar-refractivity contribution is 6.36. The van der Waals surface area contributed by atoms with Gasteiger partial charge in [-0.1, -0.05) is 28.4 Å². The first-order chi connectivity index (χ1) is 10.4. The van der Waals surface area contributed by atoms with E-state index in [0.717, 1.165) is 5.56 Å². The summed E-state index contributed by atoms with van der Waals surface area (Å²) in [7, 11) is 5.30. The molecule has 5 nitrogen and oxygen atoms in total. The molecule has 0 spiro atoms. The molecule has 0 radical (unpaired) electrons. The monoisotopic (exact) mass is 341 g/mol. The van der Waals surface area contributed by atoms with Crippen LogP contribution in [0.15, 0.2) is 28.8 Å². The van der Waals surface area contributed by atoms with E-state index < -0.39 is 0 Å². The van der Waals surface area contributed by atoms with Crippen LogP contribution in [0.4, 0.5) is 0 Å². The second kappa shape index (κ2) is 7.13. The number of likely N-dealkylation sites (N-methyl/N-ethyl adjacent to an activating group) is 2. The van der Waals surface area contributed by atoms with Gasteiger partial charge in [0, 0.05) is 30.7 Å². The van der Waals surface area contributed by atoms with Crippen molar-refractivity contribution in [2.75, 3.05) is 27.7 Å². The van der Waals surface area contributed by atoms with Crippen molar-refractivity contribution in [3.05, 3.63) is 40.1 Å². The van der Waals surface area contributed by atoms with Gasteiger partial charge < -0.3 is 9.42 Å². The van der Waals surface area contributed by atoms with Crippen molar-refractivity contribution in [2.24, 2.45) is 0 Å². The third kappa shape index (κ3) is 4.22. The summed E-state index contributed by atoms with van der Waals surface area (Å²) in [5, 5.41) is 5.11. The number of nitrogens with zero attached hydrogens (tertiary/aromatic N) is 3. The van der Waals surface area contributed by atoms with E-state index in [1.807, 2.05) is 18.0 Å². The molecule has 0 saturated carbocycles. The summed E-state index contributed by atoms with van der Waals surface area (Å²) in [4.78, 5) is 15.1. The lowest BCUT2D eigenvalue weighted by Crippen LogP contribution is -2.33. The van der Waals surface area contributed by atoms with Gasteiger partial charge in [0.25, 0.3) is 0 Å². The predicted octanol–water partition coefficient (Wildman–Crippen LogP) is 3.17. The Morgan fingerprint density at radius 1 is 1.23 bits per heavy atom. The van der Waals surface area contributed by atoms with E-state index in [2.05, 4.69) is 5.16 Å². The third-order valence-electron chi connectivity index (χ3n) is 3.10. The number of amides is 1. The SMILES string of the molecule is CN(CC(=O)N(C)C)Cc1cc(-c2ccc(Cl)cc2Cl)no1. The Labute approximate surface area is 139 Å². The highest BCUT2D eigenvalue weighted by atomic mass is 35.5. The molecule has 1 aromatic heterocycles. The topological polar surface area (TPSA) is 49.6 Å². The minimum atomic E-state index is 0.0305. The predicted molar refractivity (Wildman–Crippen MR) is 87.0 cm³/mol. The summed E-state index contributed by atoms with van der Waals surface area (Å²) >= 11 is 12.0. The van der Waals surface area contributed by atoms with Crippen molar-refractivity contribution < 1.29 is 9.32 Å². The van der Waals surface area contributed by atoms with Crippen LogP contribution in [0.25, 0.3) is 11.3 Å². The summed E-state index contributed by atoms with van der Waals surface area (Å²) in [6, 6.07) is 7.02. The van der Waals surface area contributed by atoms with Crippen LogP contribution < -0.4 is 0 Å². The van der Waals surface area contributed by atoms with Crippen LogP contribution in [-0.2, 0) is 11.3 Å². The molecule has 1 heterocycles. The molecule has 2 rings (SSSR count). The molecular weight excluding hydrogens is 325 g/mol. The first-order valence-electron chi connectivity index (χ1n) is 6.66. The van der Waals surface area contributed by atoms with Crippen molar-refractivity contribution in [2.45, 2.75) is 6.54 Å². The highest BCUT2D eigenvalue weighted by Gasteiger charge is 2.14. The Hall–Kier alpha value is -1.56. The number of aromatic nitrogens is 1. The largest absolute Gasteiger partial charge is 0.359 e. The van der Waals surface area contributed by atoms with Crippen molar-refractivity contribution in [1.82, 2.24) is 15.0 Å². The number of halogens is 2. The maximum absolute atomic E-state index is 11.7. The molecule has 1 aromatic carbocycles. The zero-order valence-electron chi connectivity index (χ0n) is 12.6. The Morgan fingerprint density at radius 2 is 1.95 bits per heavy atom. The molecule has 0 bridgehead atoms. The number of carbonyl (C=O) groups excluding carboxylic acids is 1. The Kier molecular flexibility index (Phi) is 5.45. The third-order valence-corrected chi connectivity index (χ3v) is 3.64. The van der Waals surface area contributed by atoms with Gasteiger partial charge in [-0.15, -0.1) is 0 Å². The quantitative estimate of drug-likeness (QED) is 0.838. The number of hydrogen-bond donors (Lipinski definition) is 0. The molecule has 7 heteroatoms. The van der Waals surface area contributed by atoms with Crippen molar-refractivity contribution in [1.29, 1.82) is 0 Å². The summed E-state index contributed by atoms with van der Waals surface area (Å²) in [5.74, 6) is 0.693. The van der Waals surface area contributed by atoms with Gasteiger partial charge >= 0.3 is 0 Å². The van der Waals surface area contributed by atoms with Crippen molar-refractivity contribution in [3.8, 4) is 11.3 Å². The average Bonchev–Trinajstić information content (AvgIpc) is 2.86. The van der Waals surface area contributed by atoms with Crippen LogP contribution in [0, 0.1) is 0 Å². The molecule has 0 aliphatic rings. The van der Waals surface area contributed by atoms with Crippen LogP contribution in [0.1, 0.15) is 5.76 Å². The van der Waals surface area contributed by atoms with E-state index in [0.29, 0.717) is 34.6 Å². The number of benzene rings is 1. The van der Waals surface area contributed by atoms with Crippen LogP contribution in [0.3, 0.4) is 0 Å². The van der Waals surface area contributed by atoms with Gasteiger partial charge in [0.2, 0.25) is 5.91 Å². The summed E-state index contributed by atoms with van der Waals surface area (Å²) in [6.07, 6.45) is 0. The van der Waals surface area contributed by atoms with Crippen LogP contribution in [-0.4, -0.2) is 48.6 Å². The van der Waals surface area contributed by atoms with Crippen molar-refractivity contribution in [3.63, 3.8) is 0 Å². The Bertz CT molecular complexity index is 671. The van der Waals surface area contributed by atoms with E-state index in [-0.39, 0.29) is 5.91 Å². The summed E-state index contributed by atoms with van der Waals surface area (Å²) in [6.45, 7) is 0.794. The van der Waals surface area contributed by atoms with E-state index in [1.165, 1.54) is 0 Å². The fourth-order valence-electron chi connectivity index (χ4n) is 1.91. The minimum absolute atomic E-state index is 0.0305. The van der Waals surface area contributed by atoms with E-state index in [9.17, 15) is 4.79 Å². The standard InChI is InChI=1S/C15H17Cl2N3O2/c1-19(2)15(21)9-20(3)8-11-7-14(18-22-11)12-5-4-10(16)6-13(12)17/h4-7H,8-9H2,1-3H3. The summed E-state index contributed by atoms with van der Waals surface area (Å²) < 4.78 is 5.31. The Balaban J connectivity index is 2.07. The molecular formula is C15H17Cl2N3O2. The molecule has 0 N–H and O–H groups in total. The van der Waals surface area contributed by atoms with Gasteiger partial charge in [0.05, 0.1) is 18.1 Å². The van der Waals surface area contributed by atoms with Gasteiger partial charge in [0.15, 0.2) is 5.76 Å². The molecule has 0 aliphatic heterocycles. The first kappa shape index (κ1) is 16.8. The molecule has 2 aromatic rings. The fraction of sp³-hybridized carbons (Fsp3) is 0.333. The van der Waals surface area contributed by atoms with E-state index in [4.69, 9.17) is 27.7 Å². The molecule has 22 heavy (non-hydrogen) atoms. The fourth-order valence-corrected chi connectivity index (χ4v) is 2.41. The minimum Gasteiger partial charge on any atom is -0.359 e. The van der Waals surface area contributed by atoms with Crippen LogP contribution >= 0.6 is 23.2 Å². The second-order valence-corrected chi connectivity index (χ2v) is 6.11. The zero-order valence-corrected chi connectivity index (χ0v) is 14.1. The number of hydrogen-bond acceptors (Lipinski definition) is 4. The second-order valence-electron chi connectivity index (χ2n) is 5.26. The normalized spacial score (nSPS) is 11.0. The molecule has 118 valence electrons. The zero-order chi connectivity index (χ0) is 16.3. The van der Waals surface area contributed by atoms with Crippen LogP contribution in [0.2, 0.25) is 10.0 Å². The lowest BCUT2D eigenvalue weighted by atomic mass is 10.1. The van der Waals surface area contributed by atoms with E-state index >= 15 is 0 Å². The van der Waals surface area contributed by atoms with Gasteiger partial charge in [-0.25, -0.2) is 0 Å². The highest BCUT2D eigenvalue weighted by Crippen LogP contribution is 2.30. The van der Waals surface area contributed by atoms with Gasteiger partial charge in [-0.3, -0.25) is 9.69 Å². The molecule has 0 unspecified atom stereocenters. The molecule has 0 saturated heterocycles. The molecule has 0 atom stereocenters. The number of rotatable bonds is 5. The average molecular weight is 342 g/mol. The van der Waals surface area contributed by atoms with Gasteiger partial charge in [-0.2, -0.15) is 0 Å². The maximum atomic E-state index is 11.7. The molecule has 0 fully saturated rings. The Morgan fingerprint density at radius 3 is 2.59 bits per heavy atom. The van der Waals surface area contributed by atoms with Crippen molar-refractivity contribution >= 4 is 29.1 Å². The molecule has 1 amide bonds. The lowest BCUT2D eigenvalue weighted by molar-refractivity contribution is -0.129. The summed E-state index contributed by atoms with van der Waals surface area (Å²) in [5.41, 5.74) is 1.40. The van der Waals surface area contributed by atoms with E-state index in [1.54, 1.807) is 37.2 Å². The lowest BCUT2D eigenvalue weighted by Gasteiger charge is -2.17. The smallest absolute Gasteiger partial charge is 0.236 e. The maximum Gasteiger partial charge on any atom is 0.236 e. The molecule has 0 aliphatic carbocycles. The van der Waals surface area contributed by atoms with Gasteiger partial charge in [0.1, 0.15) is 5.69 Å². The van der Waals surface area contributed by atoms with Gasteiger partial charge in [-0.05, 0) is 25.2 Å². The first-order valence-corrected chi connectivity index (χ1v) is 7.42. The number of carbonyl (C=O) groups is 1.